The average Bonchev–Trinajstić information content (AvgIpc) is 2.92. The Bertz CT molecular complexity index is 1460. The molecule has 0 atom stereocenters. The third kappa shape index (κ3) is 13.6. The molecule has 45 heavy (non-hydrogen) atoms. The van der Waals surface area contributed by atoms with Gasteiger partial charge in [-0.3, -0.25) is 0 Å². The van der Waals surface area contributed by atoms with Gasteiger partial charge in [-0.05, 0) is 60.7 Å². The SMILES string of the molecule is CN(C)c1cc(Cl)c([N+]#N)cc1Oc1ccc(Cl)cc1.CN(C)c1cc(Cl)c([N+]#N)cc1Oc1ccc(Cl)cc1.[Cl-].[Cl-].[Cl-].[Cl-].[Zn+2]. The Morgan fingerprint density at radius 3 is 1.07 bits per heavy atom. The summed E-state index contributed by atoms with van der Waals surface area (Å²) in [5.41, 5.74) is 2.05. The third-order valence-electron chi connectivity index (χ3n) is 5.32. The van der Waals surface area contributed by atoms with Gasteiger partial charge in [-0.25, -0.2) is 0 Å². The van der Waals surface area contributed by atoms with E-state index in [-0.39, 0.29) is 80.5 Å². The minimum absolute atomic E-state index is 0. The number of nitrogens with zero attached hydrogens (tertiary/aromatic N) is 6. The van der Waals surface area contributed by atoms with Gasteiger partial charge >= 0.3 is 30.9 Å². The van der Waals surface area contributed by atoms with E-state index < -0.39 is 0 Å². The molecule has 4 rings (SSSR count). The van der Waals surface area contributed by atoms with E-state index in [4.69, 9.17) is 66.7 Å². The first kappa shape index (κ1) is 47.3. The van der Waals surface area contributed by atoms with Gasteiger partial charge in [0.15, 0.2) is 21.5 Å². The van der Waals surface area contributed by atoms with Crippen LogP contribution in [0.3, 0.4) is 0 Å². The fraction of sp³-hybridized carbons (Fsp3) is 0.143. The van der Waals surface area contributed by atoms with E-state index in [2.05, 4.69) is 9.95 Å². The van der Waals surface area contributed by atoms with Crippen LogP contribution in [0.2, 0.25) is 20.1 Å². The summed E-state index contributed by atoms with van der Waals surface area (Å²) >= 11 is 23.7. The van der Waals surface area contributed by atoms with E-state index in [1.165, 1.54) is 0 Å². The molecule has 0 N–H and O–H groups in total. The monoisotopic (exact) mass is 820 g/mol. The Labute approximate surface area is 319 Å². The second-order valence-electron chi connectivity index (χ2n) is 8.64. The fourth-order valence-electron chi connectivity index (χ4n) is 3.34. The molecule has 0 saturated carbocycles. The van der Waals surface area contributed by atoms with E-state index in [0.29, 0.717) is 43.1 Å². The van der Waals surface area contributed by atoms with Crippen molar-refractivity contribution >= 4 is 69.2 Å². The normalized spacial score (nSPS) is 8.84. The van der Waals surface area contributed by atoms with Crippen molar-refractivity contribution in [2.24, 2.45) is 0 Å². The zero-order valence-electron chi connectivity index (χ0n) is 24.2. The number of diazo groups is 2. The van der Waals surface area contributed by atoms with Gasteiger partial charge in [-0.15, -0.1) is 0 Å². The zero-order valence-corrected chi connectivity index (χ0v) is 33.2. The van der Waals surface area contributed by atoms with Crippen LogP contribution in [0.5, 0.6) is 23.0 Å². The molecule has 0 spiro atoms. The summed E-state index contributed by atoms with van der Waals surface area (Å²) in [5.74, 6) is 2.33. The Morgan fingerprint density at radius 2 is 0.822 bits per heavy atom. The summed E-state index contributed by atoms with van der Waals surface area (Å²) in [4.78, 5) is 9.99. The van der Waals surface area contributed by atoms with Crippen LogP contribution in [0.1, 0.15) is 0 Å². The molecule has 0 unspecified atom stereocenters. The summed E-state index contributed by atoms with van der Waals surface area (Å²) in [6.07, 6.45) is 0. The number of hydrogen-bond acceptors (Lipinski definition) is 6. The molecule has 8 nitrogen and oxygen atoms in total. The topological polar surface area (TPSA) is 81.2 Å². The molecule has 236 valence electrons. The summed E-state index contributed by atoms with van der Waals surface area (Å²) in [7, 11) is 7.48. The summed E-state index contributed by atoms with van der Waals surface area (Å²) in [5, 5.41) is 19.8. The number of benzene rings is 4. The van der Waals surface area contributed by atoms with Gasteiger partial charge in [0.2, 0.25) is 10.8 Å². The number of anilines is 2. The van der Waals surface area contributed by atoms with Crippen molar-refractivity contribution in [3.8, 4) is 23.0 Å². The van der Waals surface area contributed by atoms with Crippen LogP contribution < -0.4 is 68.9 Å². The Morgan fingerprint density at radius 1 is 0.533 bits per heavy atom. The molecule has 0 saturated heterocycles. The van der Waals surface area contributed by atoms with Crippen molar-refractivity contribution in [2.75, 3.05) is 38.0 Å². The smallest absolute Gasteiger partial charge is 1.00 e. The van der Waals surface area contributed by atoms with Crippen molar-refractivity contribution < 1.29 is 78.6 Å². The maximum absolute atomic E-state index is 8.93. The number of rotatable bonds is 6. The minimum Gasteiger partial charge on any atom is -1.00 e. The summed E-state index contributed by atoms with van der Waals surface area (Å²) in [6.45, 7) is 0. The molecular weight excluding hydrogens is 801 g/mol. The van der Waals surface area contributed by atoms with Gasteiger partial charge in [0.05, 0.1) is 23.5 Å². The Kier molecular flexibility index (Phi) is 23.5. The van der Waals surface area contributed by atoms with Gasteiger partial charge in [0, 0.05) is 38.2 Å². The van der Waals surface area contributed by atoms with Gasteiger partial charge in [0.25, 0.3) is 0 Å². The molecule has 0 aliphatic carbocycles. The van der Waals surface area contributed by atoms with E-state index in [9.17, 15) is 0 Å². The minimum atomic E-state index is 0. The van der Waals surface area contributed by atoms with Gasteiger partial charge in [-0.2, -0.15) is 0 Å². The van der Waals surface area contributed by atoms with Gasteiger partial charge < -0.3 is 68.9 Å². The van der Waals surface area contributed by atoms with Crippen LogP contribution in [0.25, 0.3) is 9.95 Å². The summed E-state index contributed by atoms with van der Waals surface area (Å²) in [6, 6.07) is 20.5. The first-order valence-corrected chi connectivity index (χ1v) is 13.1. The van der Waals surface area contributed by atoms with E-state index >= 15 is 0 Å². The maximum atomic E-state index is 8.93. The largest absolute Gasteiger partial charge is 2.00 e. The third-order valence-corrected chi connectivity index (χ3v) is 6.43. The Balaban J connectivity index is -0.000000706. The van der Waals surface area contributed by atoms with Crippen LogP contribution in [0.4, 0.5) is 22.7 Å². The van der Waals surface area contributed by atoms with Crippen LogP contribution in [0.15, 0.2) is 72.8 Å². The predicted molar refractivity (Wildman–Crippen MR) is 164 cm³/mol. The molecule has 4 aromatic rings. The second kappa shape index (κ2) is 22.4. The van der Waals surface area contributed by atoms with E-state index in [0.717, 1.165) is 11.4 Å². The maximum Gasteiger partial charge on any atom is 2.00 e. The first-order chi connectivity index (χ1) is 19.0. The molecular formula is C28H24Cl8N6O2Zn. The van der Waals surface area contributed by atoms with E-state index in [1.54, 1.807) is 72.8 Å². The molecule has 17 heteroatoms. The van der Waals surface area contributed by atoms with Gasteiger partial charge in [0.1, 0.15) is 21.5 Å². The molecule has 0 bridgehead atoms. The number of hydrogen-bond donors (Lipinski definition) is 0. The van der Waals surface area contributed by atoms with Crippen LogP contribution in [-0.4, -0.2) is 28.2 Å². The predicted octanol–water partition coefficient (Wildman–Crippen LogP) is -1.31. The molecule has 0 radical (unpaired) electrons. The van der Waals surface area contributed by atoms with Crippen molar-refractivity contribution in [2.45, 2.75) is 0 Å². The van der Waals surface area contributed by atoms with Crippen molar-refractivity contribution in [1.29, 1.82) is 10.8 Å². The zero-order chi connectivity index (χ0) is 29.4. The van der Waals surface area contributed by atoms with Crippen LogP contribution in [-0.2, 0) is 19.5 Å². The van der Waals surface area contributed by atoms with Gasteiger partial charge in [-0.1, -0.05) is 46.4 Å². The van der Waals surface area contributed by atoms with Crippen molar-refractivity contribution in [1.82, 2.24) is 0 Å². The van der Waals surface area contributed by atoms with Crippen LogP contribution in [0, 0.1) is 10.8 Å². The van der Waals surface area contributed by atoms with Crippen molar-refractivity contribution in [3.05, 3.63) is 103 Å². The summed E-state index contributed by atoms with van der Waals surface area (Å²) < 4.78 is 11.6. The molecule has 0 amide bonds. The molecule has 0 aliphatic heterocycles. The molecule has 0 fully saturated rings. The van der Waals surface area contributed by atoms with E-state index in [1.807, 2.05) is 38.0 Å². The Hall–Kier alpha value is -2.14. The van der Waals surface area contributed by atoms with Crippen LogP contribution >= 0.6 is 46.4 Å². The molecule has 0 aliphatic rings. The molecule has 4 aromatic carbocycles. The quantitative estimate of drug-likeness (QED) is 0.178. The fourth-order valence-corrected chi connectivity index (χ4v) is 3.98. The number of halogens is 8. The second-order valence-corrected chi connectivity index (χ2v) is 10.3. The molecule has 0 heterocycles. The number of ether oxygens (including phenoxy) is 2. The van der Waals surface area contributed by atoms with Crippen molar-refractivity contribution in [3.63, 3.8) is 0 Å². The first-order valence-electron chi connectivity index (χ1n) is 11.6. The standard InChI is InChI=1S/2C14H12Cl2N3O.4ClH.Zn/c2*1-19(2)13-7-11(16)12(18-17)8-14(13)20-10-5-3-9(15)4-6-10;;;;;/h2*3-8H,1-2H3;4*1H;/q2*+1;;;;;+2/p-4. The average molecular weight is 826 g/mol. The molecule has 0 aromatic heterocycles.